The quantitative estimate of drug-likeness (QED) is 0.661. The summed E-state index contributed by atoms with van der Waals surface area (Å²) in [5.74, 6) is 0.893. The number of rotatable bonds is 5. The molecule has 2 fully saturated rings. The Hall–Kier alpha value is -0.590. The summed E-state index contributed by atoms with van der Waals surface area (Å²) in [6, 6.07) is 2.91. The van der Waals surface area contributed by atoms with E-state index in [1.807, 2.05) is 0 Å². The largest absolute Gasteiger partial charge is 0.313 e. The maximum absolute atomic E-state index is 8.73. The Balaban J connectivity index is 1.73. The fourth-order valence-corrected chi connectivity index (χ4v) is 2.19. The molecule has 3 heteroatoms. The molecule has 2 aliphatic rings. The van der Waals surface area contributed by atoms with Gasteiger partial charge in [-0.2, -0.15) is 5.26 Å². The van der Waals surface area contributed by atoms with Gasteiger partial charge < -0.3 is 5.32 Å². The van der Waals surface area contributed by atoms with Gasteiger partial charge in [-0.15, -0.1) is 0 Å². The molecule has 2 rings (SSSR count). The van der Waals surface area contributed by atoms with Gasteiger partial charge in [0.2, 0.25) is 0 Å². The van der Waals surface area contributed by atoms with E-state index in [0.717, 1.165) is 25.6 Å². The summed E-state index contributed by atoms with van der Waals surface area (Å²) in [6.45, 7) is 3.99. The molecular weight excluding hydrogens is 174 g/mol. The molecule has 0 aromatic rings. The van der Waals surface area contributed by atoms with Crippen molar-refractivity contribution in [1.29, 1.82) is 5.26 Å². The number of nitrogens with one attached hydrogen (secondary N) is 1. The zero-order valence-electron chi connectivity index (χ0n) is 8.71. The number of nitriles is 1. The highest BCUT2D eigenvalue weighted by molar-refractivity contribution is 4.86. The van der Waals surface area contributed by atoms with E-state index in [1.54, 1.807) is 0 Å². The fraction of sp³-hybridized carbons (Fsp3) is 0.909. The molecular formula is C11H19N3. The number of hydrogen-bond acceptors (Lipinski definition) is 3. The molecule has 1 aliphatic heterocycles. The fourth-order valence-electron chi connectivity index (χ4n) is 2.19. The molecule has 0 aromatic heterocycles. The first-order valence-electron chi connectivity index (χ1n) is 5.71. The first-order valence-corrected chi connectivity index (χ1v) is 5.71. The van der Waals surface area contributed by atoms with Gasteiger partial charge in [0.05, 0.1) is 12.6 Å². The smallest absolute Gasteiger partial charge is 0.0866 e. The summed E-state index contributed by atoms with van der Waals surface area (Å²) in [4.78, 5) is 2.32. The van der Waals surface area contributed by atoms with E-state index in [2.05, 4.69) is 16.3 Å². The van der Waals surface area contributed by atoms with Crippen molar-refractivity contribution in [3.8, 4) is 6.07 Å². The monoisotopic (exact) mass is 193 g/mol. The molecule has 0 spiro atoms. The predicted molar refractivity (Wildman–Crippen MR) is 55.8 cm³/mol. The normalized spacial score (nSPS) is 26.7. The summed E-state index contributed by atoms with van der Waals surface area (Å²) in [5, 5.41) is 12.2. The molecule has 3 nitrogen and oxygen atoms in total. The van der Waals surface area contributed by atoms with E-state index in [0.29, 0.717) is 12.6 Å². The molecule has 14 heavy (non-hydrogen) atoms. The van der Waals surface area contributed by atoms with Crippen LogP contribution in [0.25, 0.3) is 0 Å². The van der Waals surface area contributed by atoms with Crippen LogP contribution in [0.15, 0.2) is 0 Å². The van der Waals surface area contributed by atoms with Crippen molar-refractivity contribution in [2.75, 3.05) is 26.2 Å². The minimum atomic E-state index is 0.606. The summed E-state index contributed by atoms with van der Waals surface area (Å²) in [5.41, 5.74) is 0. The van der Waals surface area contributed by atoms with Gasteiger partial charge in [-0.3, -0.25) is 4.90 Å². The summed E-state index contributed by atoms with van der Waals surface area (Å²) >= 11 is 0. The first kappa shape index (κ1) is 9.95. The molecule has 1 atom stereocenters. The molecule has 1 saturated heterocycles. The maximum atomic E-state index is 8.73. The van der Waals surface area contributed by atoms with Crippen LogP contribution in [-0.4, -0.2) is 37.1 Å². The Morgan fingerprint density at radius 3 is 2.71 bits per heavy atom. The molecule has 0 radical (unpaired) electrons. The lowest BCUT2D eigenvalue weighted by molar-refractivity contribution is 0.266. The summed E-state index contributed by atoms with van der Waals surface area (Å²) in [7, 11) is 0. The first-order chi connectivity index (χ1) is 6.88. The molecule has 1 saturated carbocycles. The van der Waals surface area contributed by atoms with Gasteiger partial charge in [0.15, 0.2) is 0 Å². The van der Waals surface area contributed by atoms with Gasteiger partial charge in [0.25, 0.3) is 0 Å². The van der Waals surface area contributed by atoms with Crippen molar-refractivity contribution in [3.05, 3.63) is 0 Å². The van der Waals surface area contributed by atoms with E-state index < -0.39 is 0 Å². The molecule has 0 bridgehead atoms. The lowest BCUT2D eigenvalue weighted by atomic mass is 10.2. The Kier molecular flexibility index (Phi) is 3.39. The van der Waals surface area contributed by atoms with Crippen LogP contribution in [0.5, 0.6) is 0 Å². The van der Waals surface area contributed by atoms with Crippen molar-refractivity contribution >= 4 is 0 Å². The third-order valence-corrected chi connectivity index (χ3v) is 3.15. The third-order valence-electron chi connectivity index (χ3n) is 3.15. The van der Waals surface area contributed by atoms with Gasteiger partial charge >= 0.3 is 0 Å². The molecule has 1 aliphatic carbocycles. The lowest BCUT2D eigenvalue weighted by Crippen LogP contribution is -2.38. The van der Waals surface area contributed by atoms with Crippen LogP contribution in [0.4, 0.5) is 0 Å². The topological polar surface area (TPSA) is 39.1 Å². The third kappa shape index (κ3) is 2.97. The molecule has 1 heterocycles. The Labute approximate surface area is 86.1 Å². The Bertz CT molecular complexity index is 211. The Morgan fingerprint density at radius 1 is 1.29 bits per heavy atom. The van der Waals surface area contributed by atoms with Gasteiger partial charge in [-0.1, -0.05) is 0 Å². The van der Waals surface area contributed by atoms with Crippen molar-refractivity contribution in [2.45, 2.75) is 31.7 Å². The average Bonchev–Trinajstić information content (AvgIpc) is 2.81. The van der Waals surface area contributed by atoms with E-state index in [-0.39, 0.29) is 0 Å². The molecule has 78 valence electrons. The van der Waals surface area contributed by atoms with Gasteiger partial charge in [-0.05, 0) is 38.1 Å². The van der Waals surface area contributed by atoms with E-state index >= 15 is 0 Å². The minimum absolute atomic E-state index is 0.606. The second-order valence-electron chi connectivity index (χ2n) is 4.59. The van der Waals surface area contributed by atoms with E-state index in [4.69, 9.17) is 5.26 Å². The van der Waals surface area contributed by atoms with Crippen LogP contribution in [0.3, 0.4) is 0 Å². The van der Waals surface area contributed by atoms with Crippen LogP contribution in [-0.2, 0) is 0 Å². The second kappa shape index (κ2) is 4.77. The average molecular weight is 193 g/mol. The second-order valence-corrected chi connectivity index (χ2v) is 4.59. The number of hydrogen-bond donors (Lipinski definition) is 1. The highest BCUT2D eigenvalue weighted by atomic mass is 15.2. The zero-order valence-corrected chi connectivity index (χ0v) is 8.71. The minimum Gasteiger partial charge on any atom is -0.313 e. The lowest BCUT2D eigenvalue weighted by Gasteiger charge is -2.22. The SMILES string of the molecule is N#CCN(CC1CC1)CC1CCCN1. The maximum Gasteiger partial charge on any atom is 0.0866 e. The van der Waals surface area contributed by atoms with Gasteiger partial charge in [0.1, 0.15) is 0 Å². The van der Waals surface area contributed by atoms with Crippen molar-refractivity contribution in [3.63, 3.8) is 0 Å². The van der Waals surface area contributed by atoms with Crippen LogP contribution in [0, 0.1) is 17.2 Å². The van der Waals surface area contributed by atoms with E-state index in [1.165, 1.54) is 25.7 Å². The molecule has 1 N–H and O–H groups in total. The van der Waals surface area contributed by atoms with Crippen molar-refractivity contribution in [1.82, 2.24) is 10.2 Å². The van der Waals surface area contributed by atoms with Gasteiger partial charge in [-0.25, -0.2) is 0 Å². The van der Waals surface area contributed by atoms with E-state index in [9.17, 15) is 0 Å². The van der Waals surface area contributed by atoms with Crippen molar-refractivity contribution < 1.29 is 0 Å². The zero-order chi connectivity index (χ0) is 9.80. The summed E-state index contributed by atoms with van der Waals surface area (Å²) in [6.07, 6.45) is 5.33. The van der Waals surface area contributed by atoms with Crippen molar-refractivity contribution in [2.24, 2.45) is 5.92 Å². The number of nitrogens with zero attached hydrogens (tertiary/aromatic N) is 2. The standard InChI is InChI=1S/C11H19N3/c12-5-7-14(8-10-3-4-10)9-11-2-1-6-13-11/h10-11,13H,1-4,6-9H2. The highest BCUT2D eigenvalue weighted by Gasteiger charge is 2.26. The molecule has 1 unspecified atom stereocenters. The predicted octanol–water partition coefficient (Wildman–Crippen LogP) is 0.974. The molecule has 0 amide bonds. The highest BCUT2D eigenvalue weighted by Crippen LogP contribution is 2.29. The Morgan fingerprint density at radius 2 is 2.14 bits per heavy atom. The van der Waals surface area contributed by atoms with Crippen LogP contribution in [0.1, 0.15) is 25.7 Å². The molecule has 0 aromatic carbocycles. The van der Waals surface area contributed by atoms with Crippen LogP contribution >= 0.6 is 0 Å². The van der Waals surface area contributed by atoms with Crippen LogP contribution < -0.4 is 5.32 Å². The summed E-state index contributed by atoms with van der Waals surface area (Å²) < 4.78 is 0. The van der Waals surface area contributed by atoms with Gasteiger partial charge in [0, 0.05) is 19.1 Å². The van der Waals surface area contributed by atoms with Crippen LogP contribution in [0.2, 0.25) is 0 Å².